The molecule has 0 aromatic carbocycles. The van der Waals surface area contributed by atoms with E-state index in [-0.39, 0.29) is 18.1 Å². The zero-order valence-corrected chi connectivity index (χ0v) is 12.0. The summed E-state index contributed by atoms with van der Waals surface area (Å²) in [4.78, 5) is 12.7. The van der Waals surface area contributed by atoms with Crippen molar-refractivity contribution in [1.29, 1.82) is 0 Å². The van der Waals surface area contributed by atoms with Crippen LogP contribution >= 0.6 is 11.3 Å². The Morgan fingerprint density at radius 2 is 2.26 bits per heavy atom. The molecule has 1 saturated carbocycles. The van der Waals surface area contributed by atoms with Gasteiger partial charge in [0, 0.05) is 10.9 Å². The van der Waals surface area contributed by atoms with E-state index in [1.165, 1.54) is 7.11 Å². The van der Waals surface area contributed by atoms with Crippen molar-refractivity contribution in [2.24, 2.45) is 0 Å². The van der Waals surface area contributed by atoms with Crippen LogP contribution in [0.3, 0.4) is 0 Å². The number of nitrogens with one attached hydrogen (secondary N) is 1. The van der Waals surface area contributed by atoms with Crippen LogP contribution in [0, 0.1) is 0 Å². The molecule has 0 bridgehead atoms. The van der Waals surface area contributed by atoms with Gasteiger partial charge in [0.05, 0.1) is 25.7 Å². The molecule has 1 aliphatic rings. The Morgan fingerprint density at radius 3 is 2.84 bits per heavy atom. The van der Waals surface area contributed by atoms with Crippen LogP contribution in [-0.4, -0.2) is 30.3 Å². The number of methoxy groups -OCH3 is 1. The number of carbonyl (C=O) groups is 1. The van der Waals surface area contributed by atoms with Gasteiger partial charge in [-0.15, -0.1) is 11.3 Å². The Labute approximate surface area is 117 Å². The first kappa shape index (κ1) is 14.5. The Bertz CT molecular complexity index is 385. The Hall–Kier alpha value is -0.910. The van der Waals surface area contributed by atoms with Crippen LogP contribution in [0.15, 0.2) is 17.5 Å². The molecular weight excluding hydrogens is 262 g/mol. The number of aliphatic hydroxyl groups is 1. The van der Waals surface area contributed by atoms with Gasteiger partial charge in [-0.25, -0.2) is 0 Å². The molecule has 1 unspecified atom stereocenters. The number of aliphatic hydroxyl groups excluding tert-OH is 1. The molecule has 19 heavy (non-hydrogen) atoms. The second-order valence-electron chi connectivity index (χ2n) is 5.02. The van der Waals surface area contributed by atoms with E-state index in [1.807, 2.05) is 17.5 Å². The molecule has 0 aliphatic heterocycles. The average molecular weight is 283 g/mol. The van der Waals surface area contributed by atoms with Crippen molar-refractivity contribution in [2.45, 2.75) is 50.3 Å². The fourth-order valence-corrected chi connectivity index (χ4v) is 3.30. The van der Waals surface area contributed by atoms with Crippen LogP contribution in [-0.2, 0) is 9.53 Å². The van der Waals surface area contributed by atoms with Crippen LogP contribution in [0.5, 0.6) is 0 Å². The minimum Gasteiger partial charge on any atom is -0.469 e. The van der Waals surface area contributed by atoms with E-state index in [2.05, 4.69) is 5.32 Å². The van der Waals surface area contributed by atoms with Crippen LogP contribution in [0.4, 0.5) is 0 Å². The van der Waals surface area contributed by atoms with Crippen LogP contribution in [0.2, 0.25) is 0 Å². The van der Waals surface area contributed by atoms with Crippen molar-refractivity contribution in [3.05, 3.63) is 22.4 Å². The first-order valence-corrected chi connectivity index (χ1v) is 7.61. The third-order valence-electron chi connectivity index (χ3n) is 3.62. The van der Waals surface area contributed by atoms with Gasteiger partial charge in [0.15, 0.2) is 0 Å². The molecule has 1 aromatic rings. The molecule has 0 radical (unpaired) electrons. The Kier molecular flexibility index (Phi) is 5.36. The molecule has 5 heteroatoms. The van der Waals surface area contributed by atoms with Gasteiger partial charge in [0.1, 0.15) is 0 Å². The number of esters is 1. The summed E-state index contributed by atoms with van der Waals surface area (Å²) in [5, 5.41) is 15.1. The highest BCUT2D eigenvalue weighted by Gasteiger charge is 2.24. The number of thiophene rings is 1. The van der Waals surface area contributed by atoms with E-state index in [1.54, 1.807) is 11.3 Å². The molecule has 0 spiro atoms. The SMILES string of the molecule is COC(=O)CC(NC1CCC(O)CC1)c1cccs1. The molecule has 2 N–H and O–H groups in total. The van der Waals surface area contributed by atoms with E-state index in [4.69, 9.17) is 4.74 Å². The van der Waals surface area contributed by atoms with Crippen LogP contribution < -0.4 is 5.32 Å². The van der Waals surface area contributed by atoms with Crippen molar-refractivity contribution in [2.75, 3.05) is 7.11 Å². The maximum atomic E-state index is 11.5. The largest absolute Gasteiger partial charge is 0.469 e. The highest BCUT2D eigenvalue weighted by Crippen LogP contribution is 2.26. The van der Waals surface area contributed by atoms with E-state index < -0.39 is 0 Å². The topological polar surface area (TPSA) is 58.6 Å². The molecular formula is C14H21NO3S. The molecule has 1 aromatic heterocycles. The van der Waals surface area contributed by atoms with Gasteiger partial charge in [-0.1, -0.05) is 6.07 Å². The summed E-state index contributed by atoms with van der Waals surface area (Å²) in [6.45, 7) is 0. The second-order valence-corrected chi connectivity index (χ2v) is 6.00. The third kappa shape index (κ3) is 4.30. The molecule has 4 nitrogen and oxygen atoms in total. The van der Waals surface area contributed by atoms with Gasteiger partial charge < -0.3 is 15.2 Å². The van der Waals surface area contributed by atoms with Gasteiger partial charge in [-0.2, -0.15) is 0 Å². The number of carbonyl (C=O) groups excluding carboxylic acids is 1. The zero-order chi connectivity index (χ0) is 13.7. The van der Waals surface area contributed by atoms with Crippen molar-refractivity contribution < 1.29 is 14.6 Å². The fourth-order valence-electron chi connectivity index (χ4n) is 2.51. The molecule has 0 saturated heterocycles. The van der Waals surface area contributed by atoms with Gasteiger partial charge in [-0.05, 0) is 37.1 Å². The highest BCUT2D eigenvalue weighted by atomic mass is 32.1. The Morgan fingerprint density at radius 1 is 1.53 bits per heavy atom. The molecule has 2 rings (SSSR count). The number of hydrogen-bond acceptors (Lipinski definition) is 5. The van der Waals surface area contributed by atoms with Crippen molar-refractivity contribution >= 4 is 17.3 Å². The molecule has 1 heterocycles. The van der Waals surface area contributed by atoms with Crippen molar-refractivity contribution in [3.8, 4) is 0 Å². The van der Waals surface area contributed by atoms with E-state index in [0.717, 1.165) is 30.6 Å². The molecule has 1 fully saturated rings. The average Bonchev–Trinajstić information content (AvgIpc) is 2.94. The predicted octanol–water partition coefficient (Wildman–Crippen LogP) is 2.25. The molecule has 106 valence electrons. The summed E-state index contributed by atoms with van der Waals surface area (Å²) in [6, 6.07) is 4.44. The number of ether oxygens (including phenoxy) is 1. The summed E-state index contributed by atoms with van der Waals surface area (Å²) in [6.07, 6.45) is 3.81. The van der Waals surface area contributed by atoms with E-state index >= 15 is 0 Å². The second kappa shape index (κ2) is 7.03. The monoisotopic (exact) mass is 283 g/mol. The lowest BCUT2D eigenvalue weighted by Crippen LogP contribution is -2.37. The zero-order valence-electron chi connectivity index (χ0n) is 11.2. The summed E-state index contributed by atoms with van der Waals surface area (Å²) in [5.74, 6) is -0.193. The van der Waals surface area contributed by atoms with Crippen molar-refractivity contribution in [1.82, 2.24) is 5.32 Å². The summed E-state index contributed by atoms with van der Waals surface area (Å²) in [5.41, 5.74) is 0. The standard InChI is InChI=1S/C14H21NO3S/c1-18-14(17)9-12(13-3-2-8-19-13)15-10-4-6-11(16)7-5-10/h2-3,8,10-12,15-16H,4-7,9H2,1H3. The maximum absolute atomic E-state index is 11.5. The van der Waals surface area contributed by atoms with Gasteiger partial charge >= 0.3 is 5.97 Å². The van der Waals surface area contributed by atoms with E-state index in [0.29, 0.717) is 12.5 Å². The summed E-state index contributed by atoms with van der Waals surface area (Å²) in [7, 11) is 1.42. The normalized spacial score (nSPS) is 24.9. The lowest BCUT2D eigenvalue weighted by Gasteiger charge is -2.29. The summed E-state index contributed by atoms with van der Waals surface area (Å²) >= 11 is 1.65. The Balaban J connectivity index is 1.95. The smallest absolute Gasteiger partial charge is 0.307 e. The van der Waals surface area contributed by atoms with Gasteiger partial charge in [0.25, 0.3) is 0 Å². The number of hydrogen-bond donors (Lipinski definition) is 2. The number of rotatable bonds is 5. The lowest BCUT2D eigenvalue weighted by molar-refractivity contribution is -0.141. The van der Waals surface area contributed by atoms with Gasteiger partial charge in [-0.3, -0.25) is 4.79 Å². The minimum absolute atomic E-state index is 0.0210. The minimum atomic E-state index is -0.193. The fraction of sp³-hybridized carbons (Fsp3) is 0.643. The van der Waals surface area contributed by atoms with Crippen LogP contribution in [0.1, 0.15) is 43.0 Å². The maximum Gasteiger partial charge on any atom is 0.307 e. The molecule has 1 aliphatic carbocycles. The molecule has 0 amide bonds. The first-order chi connectivity index (χ1) is 9.19. The summed E-state index contributed by atoms with van der Waals surface area (Å²) < 4.78 is 4.77. The lowest BCUT2D eigenvalue weighted by atomic mass is 9.92. The van der Waals surface area contributed by atoms with Crippen LogP contribution in [0.25, 0.3) is 0 Å². The quantitative estimate of drug-likeness (QED) is 0.814. The predicted molar refractivity (Wildman–Crippen MR) is 75.1 cm³/mol. The first-order valence-electron chi connectivity index (χ1n) is 6.73. The third-order valence-corrected chi connectivity index (χ3v) is 4.60. The molecule has 1 atom stereocenters. The van der Waals surface area contributed by atoms with Crippen molar-refractivity contribution in [3.63, 3.8) is 0 Å². The highest BCUT2D eigenvalue weighted by molar-refractivity contribution is 7.10. The van der Waals surface area contributed by atoms with E-state index in [9.17, 15) is 9.90 Å². The van der Waals surface area contributed by atoms with Gasteiger partial charge in [0.2, 0.25) is 0 Å².